The van der Waals surface area contributed by atoms with E-state index >= 15 is 0 Å². The lowest BCUT2D eigenvalue weighted by Crippen LogP contribution is -2.52. The van der Waals surface area contributed by atoms with Crippen LogP contribution in [-0.4, -0.2) is 49.2 Å². The lowest BCUT2D eigenvalue weighted by Gasteiger charge is -2.33. The fourth-order valence-electron chi connectivity index (χ4n) is 2.50. The van der Waals surface area contributed by atoms with Gasteiger partial charge < -0.3 is 15.4 Å². The smallest absolute Gasteiger partial charge is 0.265 e. The van der Waals surface area contributed by atoms with Crippen molar-refractivity contribution in [2.75, 3.05) is 24.6 Å². The first-order valence-corrected chi connectivity index (χ1v) is 7.93. The molecule has 0 bridgehead atoms. The predicted octanol–water partition coefficient (Wildman–Crippen LogP) is 0.255. The highest BCUT2D eigenvalue weighted by Crippen LogP contribution is 2.34. The largest absolute Gasteiger partial charge is 0.482 e. The molecule has 1 aliphatic heterocycles. The van der Waals surface area contributed by atoms with Crippen LogP contribution in [0.5, 0.6) is 5.75 Å². The first kappa shape index (κ1) is 18.4. The van der Waals surface area contributed by atoms with Gasteiger partial charge in [-0.15, -0.1) is 0 Å². The number of amides is 3. The molecule has 8 heteroatoms. The van der Waals surface area contributed by atoms with E-state index in [1.165, 1.54) is 18.7 Å². The molecule has 2 N–H and O–H groups in total. The van der Waals surface area contributed by atoms with Crippen LogP contribution < -0.4 is 20.3 Å². The summed E-state index contributed by atoms with van der Waals surface area (Å²) >= 11 is 0. The number of ketones is 1. The Morgan fingerprint density at radius 2 is 1.88 bits per heavy atom. The number of anilines is 1. The molecule has 0 aliphatic carbocycles. The molecule has 134 valence electrons. The Hall–Kier alpha value is -2.90. The van der Waals surface area contributed by atoms with Crippen molar-refractivity contribution in [1.82, 2.24) is 10.6 Å². The van der Waals surface area contributed by atoms with Crippen LogP contribution in [0.3, 0.4) is 0 Å². The molecule has 2 rings (SSSR count). The molecule has 0 spiro atoms. The van der Waals surface area contributed by atoms with Crippen LogP contribution in [0.15, 0.2) is 18.2 Å². The zero-order valence-corrected chi connectivity index (χ0v) is 14.4. The molecular formula is C17H21N3O5. The SMILES string of the molecule is CC(=O)NCCNC(=O)C(C)N1C(=O)COc2ccc(C(C)=O)cc21. The second-order valence-electron chi connectivity index (χ2n) is 5.74. The topological polar surface area (TPSA) is 105 Å². The summed E-state index contributed by atoms with van der Waals surface area (Å²) in [6, 6.07) is 4.01. The summed E-state index contributed by atoms with van der Waals surface area (Å²) in [6.45, 7) is 4.80. The molecule has 3 amide bonds. The minimum atomic E-state index is -0.783. The standard InChI is InChI=1S/C17H21N3O5/c1-10(17(24)19-7-6-18-12(3)22)20-14-8-13(11(2)21)4-5-15(14)25-9-16(20)23/h4-5,8,10H,6-7,9H2,1-3H3,(H,18,22)(H,19,24). The third kappa shape index (κ3) is 4.34. The van der Waals surface area contributed by atoms with Gasteiger partial charge >= 0.3 is 0 Å². The molecule has 25 heavy (non-hydrogen) atoms. The van der Waals surface area contributed by atoms with Crippen LogP contribution in [0, 0.1) is 0 Å². The molecule has 0 aromatic heterocycles. The van der Waals surface area contributed by atoms with Gasteiger partial charge in [0.15, 0.2) is 12.4 Å². The molecular weight excluding hydrogens is 326 g/mol. The summed E-state index contributed by atoms with van der Waals surface area (Å²) < 4.78 is 5.37. The maximum atomic E-state index is 12.3. The van der Waals surface area contributed by atoms with Gasteiger partial charge in [-0.05, 0) is 32.0 Å². The molecule has 0 saturated carbocycles. The van der Waals surface area contributed by atoms with Gasteiger partial charge in [-0.1, -0.05) is 0 Å². The second kappa shape index (κ2) is 7.78. The third-order valence-corrected chi connectivity index (χ3v) is 3.81. The van der Waals surface area contributed by atoms with Gasteiger partial charge in [-0.3, -0.25) is 24.1 Å². The van der Waals surface area contributed by atoms with Crippen molar-refractivity contribution in [2.45, 2.75) is 26.8 Å². The highest BCUT2D eigenvalue weighted by molar-refractivity contribution is 6.05. The number of rotatable bonds is 6. The molecule has 1 aliphatic rings. The molecule has 1 aromatic carbocycles. The fraction of sp³-hybridized carbons (Fsp3) is 0.412. The number of Topliss-reactive ketones (excluding diaryl/α,β-unsaturated/α-hetero) is 1. The summed E-state index contributed by atoms with van der Waals surface area (Å²) in [5.74, 6) is -0.607. The summed E-state index contributed by atoms with van der Waals surface area (Å²) in [5, 5.41) is 5.24. The van der Waals surface area contributed by atoms with Crippen LogP contribution in [-0.2, 0) is 14.4 Å². The number of carbonyl (C=O) groups excluding carboxylic acids is 4. The molecule has 1 heterocycles. The van der Waals surface area contributed by atoms with Crippen molar-refractivity contribution in [1.29, 1.82) is 0 Å². The van der Waals surface area contributed by atoms with Gasteiger partial charge in [0, 0.05) is 25.6 Å². The Balaban J connectivity index is 2.16. The highest BCUT2D eigenvalue weighted by atomic mass is 16.5. The number of hydrogen-bond donors (Lipinski definition) is 2. The highest BCUT2D eigenvalue weighted by Gasteiger charge is 2.33. The van der Waals surface area contributed by atoms with Crippen LogP contribution in [0.4, 0.5) is 5.69 Å². The third-order valence-electron chi connectivity index (χ3n) is 3.81. The van der Waals surface area contributed by atoms with E-state index in [4.69, 9.17) is 4.74 Å². The average Bonchev–Trinajstić information content (AvgIpc) is 2.57. The zero-order valence-electron chi connectivity index (χ0n) is 14.4. The number of carbonyl (C=O) groups is 4. The van der Waals surface area contributed by atoms with Crippen LogP contribution in [0.2, 0.25) is 0 Å². The first-order chi connectivity index (χ1) is 11.8. The summed E-state index contributed by atoms with van der Waals surface area (Å²) in [5.41, 5.74) is 0.828. The Kier molecular flexibility index (Phi) is 5.74. The minimum Gasteiger partial charge on any atom is -0.482 e. The number of hydrogen-bond acceptors (Lipinski definition) is 5. The van der Waals surface area contributed by atoms with E-state index in [0.717, 1.165) is 0 Å². The lowest BCUT2D eigenvalue weighted by molar-refractivity contribution is -0.127. The Labute approximate surface area is 145 Å². The average molecular weight is 347 g/mol. The number of nitrogens with zero attached hydrogens (tertiary/aromatic N) is 1. The van der Waals surface area contributed by atoms with Gasteiger partial charge in [0.25, 0.3) is 5.91 Å². The minimum absolute atomic E-state index is 0.145. The maximum absolute atomic E-state index is 12.3. The van der Waals surface area contributed by atoms with Crippen LogP contribution >= 0.6 is 0 Å². The van der Waals surface area contributed by atoms with Crippen molar-refractivity contribution in [3.63, 3.8) is 0 Å². The molecule has 0 fully saturated rings. The molecule has 0 saturated heterocycles. The maximum Gasteiger partial charge on any atom is 0.265 e. The van der Waals surface area contributed by atoms with Crippen LogP contribution in [0.1, 0.15) is 31.1 Å². The molecule has 0 radical (unpaired) electrons. The monoisotopic (exact) mass is 347 g/mol. The Morgan fingerprint density at radius 3 is 2.52 bits per heavy atom. The quantitative estimate of drug-likeness (QED) is 0.567. The van der Waals surface area contributed by atoms with E-state index in [0.29, 0.717) is 23.5 Å². The molecule has 1 unspecified atom stereocenters. The van der Waals surface area contributed by atoms with Crippen molar-refractivity contribution >= 4 is 29.2 Å². The first-order valence-electron chi connectivity index (χ1n) is 7.93. The summed E-state index contributed by atoms with van der Waals surface area (Å²) in [7, 11) is 0. The van der Waals surface area contributed by atoms with Gasteiger partial charge in [-0.2, -0.15) is 0 Å². The van der Waals surface area contributed by atoms with Crippen molar-refractivity contribution in [2.24, 2.45) is 0 Å². The van der Waals surface area contributed by atoms with E-state index in [2.05, 4.69) is 10.6 Å². The lowest BCUT2D eigenvalue weighted by atomic mass is 10.1. The Bertz CT molecular complexity index is 716. The second-order valence-corrected chi connectivity index (χ2v) is 5.74. The Morgan fingerprint density at radius 1 is 1.20 bits per heavy atom. The number of benzene rings is 1. The van der Waals surface area contributed by atoms with Gasteiger partial charge in [0.05, 0.1) is 5.69 Å². The molecule has 1 atom stereocenters. The van der Waals surface area contributed by atoms with E-state index in [9.17, 15) is 19.2 Å². The van der Waals surface area contributed by atoms with E-state index in [-0.39, 0.29) is 36.7 Å². The van der Waals surface area contributed by atoms with Gasteiger partial charge in [-0.25, -0.2) is 0 Å². The van der Waals surface area contributed by atoms with Crippen molar-refractivity contribution < 1.29 is 23.9 Å². The predicted molar refractivity (Wildman–Crippen MR) is 90.6 cm³/mol. The van der Waals surface area contributed by atoms with E-state index < -0.39 is 6.04 Å². The zero-order chi connectivity index (χ0) is 18.6. The summed E-state index contributed by atoms with van der Waals surface area (Å²) in [4.78, 5) is 48.4. The van der Waals surface area contributed by atoms with Gasteiger partial charge in [0.1, 0.15) is 11.8 Å². The number of fused-ring (bicyclic) bond motifs is 1. The van der Waals surface area contributed by atoms with E-state index in [1.54, 1.807) is 25.1 Å². The molecule has 1 aromatic rings. The van der Waals surface area contributed by atoms with E-state index in [1.807, 2.05) is 0 Å². The van der Waals surface area contributed by atoms with Crippen molar-refractivity contribution in [3.8, 4) is 5.75 Å². The summed E-state index contributed by atoms with van der Waals surface area (Å²) in [6.07, 6.45) is 0. The fourth-order valence-corrected chi connectivity index (χ4v) is 2.50. The number of nitrogens with one attached hydrogen (secondary N) is 2. The normalized spacial score (nSPS) is 14.2. The van der Waals surface area contributed by atoms with Crippen LogP contribution in [0.25, 0.3) is 0 Å². The van der Waals surface area contributed by atoms with Crippen molar-refractivity contribution in [3.05, 3.63) is 23.8 Å². The van der Waals surface area contributed by atoms with Gasteiger partial charge in [0.2, 0.25) is 11.8 Å². The molecule has 8 nitrogen and oxygen atoms in total. The number of ether oxygens (including phenoxy) is 1.